The number of nitrogens with zero attached hydrogens (tertiary/aromatic N) is 1. The van der Waals surface area contributed by atoms with Crippen molar-refractivity contribution in [1.29, 1.82) is 0 Å². The summed E-state index contributed by atoms with van der Waals surface area (Å²) in [5, 5.41) is 8.48. The van der Waals surface area contributed by atoms with Crippen LogP contribution in [-0.2, 0) is 21.4 Å². The van der Waals surface area contributed by atoms with E-state index in [1.807, 2.05) is 30.3 Å². The second-order valence-electron chi connectivity index (χ2n) is 8.60. The molecule has 0 bridgehead atoms. The van der Waals surface area contributed by atoms with Gasteiger partial charge in [-0.2, -0.15) is 0 Å². The minimum atomic E-state index is -3.80. The molecule has 4 N–H and O–H groups in total. The van der Waals surface area contributed by atoms with E-state index in [1.165, 1.54) is 12.1 Å². The number of sulfonamides is 1. The number of hydrogen-bond acceptors (Lipinski definition) is 5. The lowest BCUT2D eigenvalue weighted by Gasteiger charge is -2.29. The van der Waals surface area contributed by atoms with E-state index in [4.69, 9.17) is 0 Å². The molecule has 0 atom stereocenters. The number of carbonyl (C=O) groups is 2. The fourth-order valence-electron chi connectivity index (χ4n) is 4.26. The molecule has 0 spiro atoms. The number of carbonyl (C=O) groups excluding carboxylic acids is 2. The van der Waals surface area contributed by atoms with E-state index in [-0.39, 0.29) is 10.8 Å². The zero-order valence-corrected chi connectivity index (χ0v) is 19.7. The SMILES string of the molecule is O=C(NCc1ccccc1)NC1(C(=O)Nc2cccc(S(=O)(=O)NC3=NCCC3)c2)CCCC1. The van der Waals surface area contributed by atoms with Crippen LogP contribution in [0.4, 0.5) is 10.5 Å². The van der Waals surface area contributed by atoms with Gasteiger partial charge >= 0.3 is 6.03 Å². The summed E-state index contributed by atoms with van der Waals surface area (Å²) in [5.74, 6) is 0.0904. The zero-order chi connectivity index (χ0) is 24.0. The van der Waals surface area contributed by atoms with Gasteiger partial charge in [0.05, 0.1) is 4.90 Å². The van der Waals surface area contributed by atoms with Crippen LogP contribution in [0, 0.1) is 0 Å². The Labute approximate surface area is 199 Å². The summed E-state index contributed by atoms with van der Waals surface area (Å²) in [6.45, 7) is 0.963. The summed E-state index contributed by atoms with van der Waals surface area (Å²) in [5.41, 5.74) is 0.253. The average molecular weight is 484 g/mol. The van der Waals surface area contributed by atoms with Crippen molar-refractivity contribution >= 4 is 33.5 Å². The molecule has 1 aliphatic heterocycles. The molecule has 1 heterocycles. The van der Waals surface area contributed by atoms with Gasteiger partial charge < -0.3 is 16.0 Å². The van der Waals surface area contributed by atoms with Crippen LogP contribution in [0.15, 0.2) is 64.5 Å². The zero-order valence-electron chi connectivity index (χ0n) is 18.8. The molecule has 1 saturated carbocycles. The molecular formula is C24H29N5O4S. The second-order valence-corrected chi connectivity index (χ2v) is 10.3. The molecule has 2 aromatic rings. The minimum absolute atomic E-state index is 0.0361. The minimum Gasteiger partial charge on any atom is -0.334 e. The van der Waals surface area contributed by atoms with Crippen LogP contribution in [0.3, 0.4) is 0 Å². The van der Waals surface area contributed by atoms with Crippen LogP contribution in [0.2, 0.25) is 0 Å². The highest BCUT2D eigenvalue weighted by Gasteiger charge is 2.42. The van der Waals surface area contributed by atoms with Gasteiger partial charge in [0.2, 0.25) is 5.91 Å². The largest absolute Gasteiger partial charge is 0.334 e. The van der Waals surface area contributed by atoms with E-state index in [9.17, 15) is 18.0 Å². The summed E-state index contributed by atoms with van der Waals surface area (Å²) in [6, 6.07) is 15.2. The standard InChI is InChI=1S/C24H29N5O4S/c30-22(24(13-4-5-14-24)28-23(31)26-17-18-8-2-1-3-9-18)27-19-10-6-11-20(16-19)34(32,33)29-21-12-7-15-25-21/h1-3,6,8-11,16H,4-5,7,12-15,17H2,(H,25,29)(H,27,30)(H2,26,28,31). The first-order valence-corrected chi connectivity index (χ1v) is 12.9. The molecule has 34 heavy (non-hydrogen) atoms. The maximum absolute atomic E-state index is 13.2. The van der Waals surface area contributed by atoms with Crippen molar-refractivity contribution in [2.45, 2.75) is 55.5 Å². The highest BCUT2D eigenvalue weighted by molar-refractivity contribution is 7.90. The fraction of sp³-hybridized carbons (Fsp3) is 0.375. The lowest BCUT2D eigenvalue weighted by atomic mass is 9.96. The first-order chi connectivity index (χ1) is 16.4. The molecule has 2 aromatic carbocycles. The normalized spacial score (nSPS) is 17.0. The molecule has 0 aromatic heterocycles. The maximum Gasteiger partial charge on any atom is 0.315 e. The smallest absolute Gasteiger partial charge is 0.315 e. The molecule has 0 unspecified atom stereocenters. The molecular weight excluding hydrogens is 454 g/mol. The second kappa shape index (κ2) is 10.3. The molecule has 3 amide bonds. The van der Waals surface area contributed by atoms with Crippen LogP contribution >= 0.6 is 0 Å². The molecule has 1 fully saturated rings. The number of benzene rings is 2. The number of amidine groups is 1. The molecule has 2 aliphatic rings. The predicted octanol–water partition coefficient (Wildman–Crippen LogP) is 2.91. The van der Waals surface area contributed by atoms with E-state index in [2.05, 4.69) is 25.7 Å². The van der Waals surface area contributed by atoms with E-state index in [1.54, 1.807) is 12.1 Å². The number of amides is 3. The highest BCUT2D eigenvalue weighted by Crippen LogP contribution is 2.31. The number of rotatable bonds is 7. The summed E-state index contributed by atoms with van der Waals surface area (Å²) in [6.07, 6.45) is 4.06. The number of hydrogen-bond donors (Lipinski definition) is 4. The Balaban J connectivity index is 1.42. The van der Waals surface area contributed by atoms with Gasteiger partial charge in [-0.1, -0.05) is 49.2 Å². The number of aliphatic imine (C=N–C) groups is 1. The van der Waals surface area contributed by atoms with Crippen LogP contribution in [0.1, 0.15) is 44.1 Å². The molecule has 10 heteroatoms. The van der Waals surface area contributed by atoms with E-state index >= 15 is 0 Å². The van der Waals surface area contributed by atoms with Crippen molar-refractivity contribution in [2.24, 2.45) is 4.99 Å². The lowest BCUT2D eigenvalue weighted by Crippen LogP contribution is -2.57. The van der Waals surface area contributed by atoms with E-state index in [0.717, 1.165) is 24.8 Å². The summed E-state index contributed by atoms with van der Waals surface area (Å²) < 4.78 is 27.9. The van der Waals surface area contributed by atoms with Gasteiger partial charge in [0.25, 0.3) is 10.0 Å². The van der Waals surface area contributed by atoms with Crippen LogP contribution < -0.4 is 20.7 Å². The molecule has 4 rings (SSSR count). The number of anilines is 1. The lowest BCUT2D eigenvalue weighted by molar-refractivity contribution is -0.121. The predicted molar refractivity (Wildman–Crippen MR) is 130 cm³/mol. The Morgan fingerprint density at radius 2 is 1.74 bits per heavy atom. The van der Waals surface area contributed by atoms with E-state index in [0.29, 0.717) is 43.9 Å². The van der Waals surface area contributed by atoms with Crippen molar-refractivity contribution in [1.82, 2.24) is 15.4 Å². The van der Waals surface area contributed by atoms with Crippen LogP contribution in [0.5, 0.6) is 0 Å². The molecule has 0 saturated heterocycles. The third-order valence-corrected chi connectivity index (χ3v) is 7.45. The molecule has 180 valence electrons. The van der Waals surface area contributed by atoms with Crippen LogP contribution in [-0.4, -0.2) is 38.3 Å². The van der Waals surface area contributed by atoms with Crippen molar-refractivity contribution in [2.75, 3.05) is 11.9 Å². The van der Waals surface area contributed by atoms with Crippen molar-refractivity contribution in [3.05, 3.63) is 60.2 Å². The Hall–Kier alpha value is -3.40. The summed E-state index contributed by atoms with van der Waals surface area (Å²) in [7, 11) is -3.80. The quantitative estimate of drug-likeness (QED) is 0.483. The maximum atomic E-state index is 13.2. The van der Waals surface area contributed by atoms with Gasteiger partial charge in [0, 0.05) is 25.2 Å². The van der Waals surface area contributed by atoms with Gasteiger partial charge in [-0.25, -0.2) is 13.2 Å². The van der Waals surface area contributed by atoms with Crippen molar-refractivity contribution < 1.29 is 18.0 Å². The molecule has 9 nitrogen and oxygen atoms in total. The Morgan fingerprint density at radius 1 is 0.971 bits per heavy atom. The first kappa shape index (κ1) is 23.7. The first-order valence-electron chi connectivity index (χ1n) is 11.4. The number of urea groups is 1. The van der Waals surface area contributed by atoms with Gasteiger partial charge in [0.1, 0.15) is 11.4 Å². The Morgan fingerprint density at radius 3 is 2.44 bits per heavy atom. The monoisotopic (exact) mass is 483 g/mol. The average Bonchev–Trinajstić information content (AvgIpc) is 3.51. The third-order valence-electron chi connectivity index (χ3n) is 6.07. The van der Waals surface area contributed by atoms with E-state index < -0.39 is 21.6 Å². The van der Waals surface area contributed by atoms with Gasteiger partial charge in [-0.15, -0.1) is 0 Å². The topological polar surface area (TPSA) is 129 Å². The Bertz CT molecular complexity index is 1170. The van der Waals surface area contributed by atoms with Crippen molar-refractivity contribution in [3.8, 4) is 0 Å². The van der Waals surface area contributed by atoms with Crippen LogP contribution in [0.25, 0.3) is 0 Å². The van der Waals surface area contributed by atoms with Gasteiger partial charge in [0.15, 0.2) is 0 Å². The fourth-order valence-corrected chi connectivity index (χ4v) is 5.39. The summed E-state index contributed by atoms with van der Waals surface area (Å²) >= 11 is 0. The molecule has 0 radical (unpaired) electrons. The van der Waals surface area contributed by atoms with Gasteiger partial charge in [-0.05, 0) is 43.0 Å². The van der Waals surface area contributed by atoms with Crippen molar-refractivity contribution in [3.63, 3.8) is 0 Å². The summed E-state index contributed by atoms with van der Waals surface area (Å²) in [4.78, 5) is 30.0. The van der Waals surface area contributed by atoms with Gasteiger partial charge in [-0.3, -0.25) is 14.5 Å². The Kier molecular flexibility index (Phi) is 7.16. The number of nitrogens with one attached hydrogen (secondary N) is 4. The third kappa shape index (κ3) is 5.74. The molecule has 1 aliphatic carbocycles. The highest BCUT2D eigenvalue weighted by atomic mass is 32.2.